The zero-order chi connectivity index (χ0) is 13.8. The molecular formula is C15H15ClN2O. The average Bonchev–Trinajstić information content (AvgIpc) is 2.39. The first-order valence-electron chi connectivity index (χ1n) is 5.99. The lowest BCUT2D eigenvalue weighted by Gasteiger charge is -2.15. The molecule has 0 unspecified atom stereocenters. The highest BCUT2D eigenvalue weighted by molar-refractivity contribution is 6.34. The number of hydrogen-bond donors (Lipinski definition) is 2. The van der Waals surface area contributed by atoms with E-state index < -0.39 is 0 Å². The minimum Gasteiger partial charge on any atom is -0.399 e. The van der Waals surface area contributed by atoms with Gasteiger partial charge in [0.15, 0.2) is 0 Å². The molecule has 1 atom stereocenters. The third-order valence-corrected chi connectivity index (χ3v) is 3.20. The first-order chi connectivity index (χ1) is 9.08. The molecule has 19 heavy (non-hydrogen) atoms. The SMILES string of the molecule is C[C@H](NC(=O)c1ccc(N)cc1Cl)c1ccccc1. The predicted molar refractivity (Wildman–Crippen MR) is 78.2 cm³/mol. The van der Waals surface area contributed by atoms with Crippen LogP contribution in [0.5, 0.6) is 0 Å². The van der Waals surface area contributed by atoms with Gasteiger partial charge in [-0.2, -0.15) is 0 Å². The van der Waals surface area contributed by atoms with Crippen molar-refractivity contribution in [1.82, 2.24) is 5.32 Å². The number of hydrogen-bond acceptors (Lipinski definition) is 2. The van der Waals surface area contributed by atoms with Gasteiger partial charge in [-0.15, -0.1) is 0 Å². The van der Waals surface area contributed by atoms with Crippen molar-refractivity contribution in [2.45, 2.75) is 13.0 Å². The predicted octanol–water partition coefficient (Wildman–Crippen LogP) is 3.41. The summed E-state index contributed by atoms with van der Waals surface area (Å²) in [7, 11) is 0. The van der Waals surface area contributed by atoms with E-state index in [1.54, 1.807) is 18.2 Å². The molecule has 0 heterocycles. The third-order valence-electron chi connectivity index (χ3n) is 2.88. The molecule has 0 aliphatic rings. The smallest absolute Gasteiger partial charge is 0.253 e. The Bertz CT molecular complexity index is 584. The van der Waals surface area contributed by atoms with Gasteiger partial charge in [-0.05, 0) is 30.7 Å². The molecular weight excluding hydrogens is 260 g/mol. The maximum absolute atomic E-state index is 12.1. The molecule has 0 bridgehead atoms. The number of amides is 1. The molecule has 0 radical (unpaired) electrons. The maximum Gasteiger partial charge on any atom is 0.253 e. The number of rotatable bonds is 3. The Hall–Kier alpha value is -2.00. The summed E-state index contributed by atoms with van der Waals surface area (Å²) in [5.41, 5.74) is 7.62. The van der Waals surface area contributed by atoms with Crippen LogP contribution in [0.3, 0.4) is 0 Å². The summed E-state index contributed by atoms with van der Waals surface area (Å²) < 4.78 is 0. The van der Waals surface area contributed by atoms with E-state index in [1.807, 2.05) is 37.3 Å². The Morgan fingerprint density at radius 1 is 1.21 bits per heavy atom. The fourth-order valence-electron chi connectivity index (χ4n) is 1.81. The number of halogens is 1. The monoisotopic (exact) mass is 274 g/mol. The van der Waals surface area contributed by atoms with Crippen LogP contribution in [0, 0.1) is 0 Å². The second-order valence-corrected chi connectivity index (χ2v) is 4.75. The number of nitrogen functional groups attached to an aromatic ring is 1. The van der Waals surface area contributed by atoms with Gasteiger partial charge in [0.1, 0.15) is 0 Å². The van der Waals surface area contributed by atoms with E-state index in [0.29, 0.717) is 16.3 Å². The van der Waals surface area contributed by atoms with Gasteiger partial charge in [0.2, 0.25) is 0 Å². The van der Waals surface area contributed by atoms with Crippen LogP contribution in [0.2, 0.25) is 5.02 Å². The highest BCUT2D eigenvalue weighted by Gasteiger charge is 2.14. The van der Waals surface area contributed by atoms with Gasteiger partial charge in [0.05, 0.1) is 16.6 Å². The maximum atomic E-state index is 12.1. The van der Waals surface area contributed by atoms with Crippen molar-refractivity contribution >= 4 is 23.2 Å². The number of carbonyl (C=O) groups is 1. The van der Waals surface area contributed by atoms with Crippen molar-refractivity contribution in [3.8, 4) is 0 Å². The summed E-state index contributed by atoms with van der Waals surface area (Å²) in [6.45, 7) is 1.93. The largest absolute Gasteiger partial charge is 0.399 e. The van der Waals surface area contributed by atoms with E-state index in [9.17, 15) is 4.79 Å². The molecule has 0 aliphatic carbocycles. The minimum atomic E-state index is -0.207. The van der Waals surface area contributed by atoms with E-state index in [-0.39, 0.29) is 11.9 Å². The van der Waals surface area contributed by atoms with E-state index >= 15 is 0 Å². The molecule has 0 fully saturated rings. The minimum absolute atomic E-state index is 0.0812. The Kier molecular flexibility index (Phi) is 4.07. The summed E-state index contributed by atoms with van der Waals surface area (Å²) in [5, 5.41) is 3.27. The van der Waals surface area contributed by atoms with Gasteiger partial charge in [-0.25, -0.2) is 0 Å². The number of benzene rings is 2. The van der Waals surface area contributed by atoms with Gasteiger partial charge < -0.3 is 11.1 Å². The normalized spacial score (nSPS) is 11.9. The second kappa shape index (κ2) is 5.76. The third kappa shape index (κ3) is 3.26. The van der Waals surface area contributed by atoms with Gasteiger partial charge in [0, 0.05) is 5.69 Å². The Balaban J connectivity index is 2.13. The molecule has 2 aromatic carbocycles. The standard InChI is InChI=1S/C15H15ClN2O/c1-10(11-5-3-2-4-6-11)18-15(19)13-8-7-12(17)9-14(13)16/h2-10H,17H2,1H3,(H,18,19)/t10-/m0/s1. The molecule has 0 aliphatic heterocycles. The number of anilines is 1. The summed E-state index contributed by atoms with van der Waals surface area (Å²) in [6, 6.07) is 14.5. The molecule has 0 aromatic heterocycles. The lowest BCUT2D eigenvalue weighted by molar-refractivity contribution is 0.0940. The van der Waals surface area contributed by atoms with Crippen LogP contribution >= 0.6 is 11.6 Å². The van der Waals surface area contributed by atoms with Crippen molar-refractivity contribution in [2.24, 2.45) is 0 Å². The molecule has 0 spiro atoms. The van der Waals surface area contributed by atoms with Gasteiger partial charge in [-0.3, -0.25) is 4.79 Å². The molecule has 2 rings (SSSR count). The number of nitrogens with one attached hydrogen (secondary N) is 1. The van der Waals surface area contributed by atoms with Crippen LogP contribution in [0.1, 0.15) is 28.9 Å². The van der Waals surface area contributed by atoms with Crippen LogP contribution in [0.4, 0.5) is 5.69 Å². The van der Waals surface area contributed by atoms with Crippen LogP contribution in [0.15, 0.2) is 48.5 Å². The molecule has 3 N–H and O–H groups in total. The van der Waals surface area contributed by atoms with Crippen molar-refractivity contribution in [3.05, 3.63) is 64.7 Å². The van der Waals surface area contributed by atoms with Crippen LogP contribution in [-0.4, -0.2) is 5.91 Å². The van der Waals surface area contributed by atoms with E-state index in [0.717, 1.165) is 5.56 Å². The lowest BCUT2D eigenvalue weighted by atomic mass is 10.1. The molecule has 1 amide bonds. The van der Waals surface area contributed by atoms with Crippen molar-refractivity contribution in [1.29, 1.82) is 0 Å². The van der Waals surface area contributed by atoms with Crippen LogP contribution in [0.25, 0.3) is 0 Å². The van der Waals surface area contributed by atoms with E-state index in [2.05, 4.69) is 5.32 Å². The van der Waals surface area contributed by atoms with E-state index in [4.69, 9.17) is 17.3 Å². The quantitative estimate of drug-likeness (QED) is 0.843. The second-order valence-electron chi connectivity index (χ2n) is 4.35. The number of carbonyl (C=O) groups excluding carboxylic acids is 1. The molecule has 0 saturated heterocycles. The Morgan fingerprint density at radius 3 is 2.53 bits per heavy atom. The highest BCUT2D eigenvalue weighted by Crippen LogP contribution is 2.20. The van der Waals surface area contributed by atoms with Gasteiger partial charge in [0.25, 0.3) is 5.91 Å². The van der Waals surface area contributed by atoms with Gasteiger partial charge >= 0.3 is 0 Å². The van der Waals surface area contributed by atoms with Crippen molar-refractivity contribution < 1.29 is 4.79 Å². The zero-order valence-corrected chi connectivity index (χ0v) is 11.3. The van der Waals surface area contributed by atoms with Crippen molar-refractivity contribution in [2.75, 3.05) is 5.73 Å². The van der Waals surface area contributed by atoms with E-state index in [1.165, 1.54) is 0 Å². The molecule has 3 nitrogen and oxygen atoms in total. The van der Waals surface area contributed by atoms with Crippen LogP contribution < -0.4 is 11.1 Å². The van der Waals surface area contributed by atoms with Crippen LogP contribution in [-0.2, 0) is 0 Å². The lowest BCUT2D eigenvalue weighted by Crippen LogP contribution is -2.26. The fourth-order valence-corrected chi connectivity index (χ4v) is 2.09. The van der Waals surface area contributed by atoms with Gasteiger partial charge in [-0.1, -0.05) is 41.9 Å². The first kappa shape index (κ1) is 13.4. The summed E-state index contributed by atoms with van der Waals surface area (Å²) in [6.07, 6.45) is 0. The Labute approximate surface area is 117 Å². The summed E-state index contributed by atoms with van der Waals surface area (Å²) in [5.74, 6) is -0.207. The fraction of sp³-hybridized carbons (Fsp3) is 0.133. The van der Waals surface area contributed by atoms with Crippen molar-refractivity contribution in [3.63, 3.8) is 0 Å². The average molecular weight is 275 g/mol. The zero-order valence-electron chi connectivity index (χ0n) is 10.6. The summed E-state index contributed by atoms with van der Waals surface area (Å²) >= 11 is 6.01. The molecule has 2 aromatic rings. The summed E-state index contributed by atoms with van der Waals surface area (Å²) in [4.78, 5) is 12.1. The number of nitrogens with two attached hydrogens (primary N) is 1. The highest BCUT2D eigenvalue weighted by atomic mass is 35.5. The molecule has 4 heteroatoms. The topological polar surface area (TPSA) is 55.1 Å². The molecule has 98 valence electrons. The molecule has 0 saturated carbocycles. The first-order valence-corrected chi connectivity index (χ1v) is 6.36. The Morgan fingerprint density at radius 2 is 1.89 bits per heavy atom.